The van der Waals surface area contributed by atoms with Crippen LogP contribution in [0, 0.1) is 0 Å². The largest absolute Gasteiger partial charge is 0.383 e. The van der Waals surface area contributed by atoms with E-state index in [0.29, 0.717) is 19.7 Å². The number of methoxy groups -OCH3 is 1. The third-order valence-electron chi connectivity index (χ3n) is 3.21. The number of carbonyl (C=O) groups excluding carboxylic acids is 1. The predicted molar refractivity (Wildman–Crippen MR) is 82.8 cm³/mol. The first-order valence-corrected chi connectivity index (χ1v) is 7.73. The molecule has 0 saturated carbocycles. The Morgan fingerprint density at radius 3 is 2.90 bits per heavy atom. The van der Waals surface area contributed by atoms with Gasteiger partial charge in [-0.25, -0.2) is 0 Å². The molecule has 0 aliphatic heterocycles. The Labute approximate surface area is 125 Å². The maximum Gasteiger partial charge on any atom is 0.234 e. The number of nitrogens with two attached hydrogens (primary N) is 1. The van der Waals surface area contributed by atoms with Crippen LogP contribution in [0.5, 0.6) is 0 Å². The lowest BCUT2D eigenvalue weighted by Crippen LogP contribution is -2.43. The first-order chi connectivity index (χ1) is 9.60. The van der Waals surface area contributed by atoms with Crippen molar-refractivity contribution in [2.45, 2.75) is 25.4 Å². The van der Waals surface area contributed by atoms with Gasteiger partial charge in [-0.1, -0.05) is 13.0 Å². The van der Waals surface area contributed by atoms with Gasteiger partial charge in [0.25, 0.3) is 0 Å². The summed E-state index contributed by atoms with van der Waals surface area (Å²) in [6.45, 7) is 3.46. The third-order valence-corrected chi connectivity index (χ3v) is 4.15. The zero-order valence-electron chi connectivity index (χ0n) is 12.5. The zero-order valence-corrected chi connectivity index (χ0v) is 13.3. The quantitative estimate of drug-likeness (QED) is 0.673. The Balaban J connectivity index is 2.60. The van der Waals surface area contributed by atoms with Gasteiger partial charge in [0.15, 0.2) is 0 Å². The molecule has 3 N–H and O–H groups in total. The van der Waals surface area contributed by atoms with E-state index >= 15 is 0 Å². The molecule has 0 bridgehead atoms. The van der Waals surface area contributed by atoms with Crippen LogP contribution in [-0.2, 0) is 9.53 Å². The summed E-state index contributed by atoms with van der Waals surface area (Å²) in [7, 11) is 3.56. The highest BCUT2D eigenvalue weighted by Gasteiger charge is 2.25. The molecule has 0 radical (unpaired) electrons. The van der Waals surface area contributed by atoms with Crippen molar-refractivity contribution < 1.29 is 9.53 Å². The second-order valence-electron chi connectivity index (χ2n) is 4.79. The molecule has 0 fully saturated rings. The molecule has 2 atom stereocenters. The molecular weight excluding hydrogens is 274 g/mol. The van der Waals surface area contributed by atoms with Crippen molar-refractivity contribution >= 4 is 17.2 Å². The molecule has 0 saturated heterocycles. The van der Waals surface area contributed by atoms with Gasteiger partial charge in [-0.05, 0) is 24.9 Å². The summed E-state index contributed by atoms with van der Waals surface area (Å²) in [5, 5.41) is 4.87. The van der Waals surface area contributed by atoms with Gasteiger partial charge in [0.05, 0.1) is 19.2 Å². The van der Waals surface area contributed by atoms with Crippen molar-refractivity contribution in [3.8, 4) is 0 Å². The van der Waals surface area contributed by atoms with Crippen LogP contribution in [0.25, 0.3) is 0 Å². The molecule has 6 heteroatoms. The second kappa shape index (κ2) is 9.07. The van der Waals surface area contributed by atoms with Crippen LogP contribution < -0.4 is 11.1 Å². The Hall–Kier alpha value is -0.950. The van der Waals surface area contributed by atoms with E-state index in [1.807, 2.05) is 23.4 Å². The normalized spacial score (nSPS) is 14.2. The molecule has 5 nitrogen and oxygen atoms in total. The van der Waals surface area contributed by atoms with E-state index in [2.05, 4.69) is 18.3 Å². The van der Waals surface area contributed by atoms with Crippen molar-refractivity contribution in [1.82, 2.24) is 10.2 Å². The highest BCUT2D eigenvalue weighted by molar-refractivity contribution is 7.10. The summed E-state index contributed by atoms with van der Waals surface area (Å²) in [6.07, 6.45) is 0.873. The summed E-state index contributed by atoms with van der Waals surface area (Å²) in [5.74, 6) is -0.00518. The van der Waals surface area contributed by atoms with Gasteiger partial charge in [0.1, 0.15) is 0 Å². The van der Waals surface area contributed by atoms with Gasteiger partial charge in [0, 0.05) is 24.6 Å². The fourth-order valence-electron chi connectivity index (χ4n) is 2.11. The smallest absolute Gasteiger partial charge is 0.234 e. The molecule has 0 aromatic carbocycles. The number of nitrogens with zero attached hydrogens (tertiary/aromatic N) is 1. The minimum atomic E-state index is -0.00518. The van der Waals surface area contributed by atoms with Crippen molar-refractivity contribution in [3.63, 3.8) is 0 Å². The van der Waals surface area contributed by atoms with Crippen molar-refractivity contribution in [3.05, 3.63) is 22.4 Å². The number of likely N-dealkylation sites (N-methyl/N-ethyl adjacent to an activating group) is 1. The Morgan fingerprint density at radius 1 is 1.60 bits per heavy atom. The number of hydrogen-bond donors (Lipinski definition) is 2. The molecule has 1 aromatic rings. The van der Waals surface area contributed by atoms with E-state index in [0.717, 1.165) is 6.42 Å². The first kappa shape index (κ1) is 17.1. The van der Waals surface area contributed by atoms with Crippen LogP contribution in [0.15, 0.2) is 17.5 Å². The lowest BCUT2D eigenvalue weighted by atomic mass is 10.0. The van der Waals surface area contributed by atoms with Gasteiger partial charge in [-0.3, -0.25) is 9.69 Å². The maximum absolute atomic E-state index is 11.9. The van der Waals surface area contributed by atoms with E-state index in [1.54, 1.807) is 18.4 Å². The molecular formula is C14H25N3O2S. The zero-order chi connectivity index (χ0) is 15.0. The van der Waals surface area contributed by atoms with Crippen LogP contribution in [0.3, 0.4) is 0 Å². The van der Waals surface area contributed by atoms with E-state index < -0.39 is 0 Å². The van der Waals surface area contributed by atoms with Crippen LogP contribution in [-0.4, -0.2) is 50.7 Å². The number of amides is 1. The van der Waals surface area contributed by atoms with Crippen LogP contribution in [0.2, 0.25) is 0 Å². The predicted octanol–water partition coefficient (Wildman–Crippen LogP) is 1.22. The summed E-state index contributed by atoms with van der Waals surface area (Å²) in [4.78, 5) is 15.1. The highest BCUT2D eigenvalue weighted by atomic mass is 32.1. The molecule has 0 spiro atoms. The average molecular weight is 299 g/mol. The molecule has 0 aliphatic rings. The molecule has 1 aromatic heterocycles. The van der Waals surface area contributed by atoms with Gasteiger partial charge in [0.2, 0.25) is 5.91 Å². The average Bonchev–Trinajstić information content (AvgIpc) is 2.92. The van der Waals surface area contributed by atoms with E-state index in [4.69, 9.17) is 10.5 Å². The van der Waals surface area contributed by atoms with E-state index in [-0.39, 0.29) is 18.0 Å². The molecule has 20 heavy (non-hydrogen) atoms. The number of nitrogens with one attached hydrogen (secondary N) is 1. The maximum atomic E-state index is 11.9. The summed E-state index contributed by atoms with van der Waals surface area (Å²) in [6, 6.07) is 4.19. The monoisotopic (exact) mass is 299 g/mol. The minimum Gasteiger partial charge on any atom is -0.383 e. The number of ether oxygens (including phenoxy) is 1. The van der Waals surface area contributed by atoms with Gasteiger partial charge in [-0.2, -0.15) is 0 Å². The molecule has 0 aliphatic carbocycles. The SMILES string of the molecule is CCC(N)C(c1cccs1)N(C)CC(=O)NCCOC. The van der Waals surface area contributed by atoms with Gasteiger partial charge < -0.3 is 15.8 Å². The molecule has 1 rings (SSSR count). The van der Waals surface area contributed by atoms with Crippen molar-refractivity contribution in [2.24, 2.45) is 5.73 Å². The second-order valence-corrected chi connectivity index (χ2v) is 5.77. The molecule has 114 valence electrons. The molecule has 2 unspecified atom stereocenters. The Kier molecular flexibility index (Phi) is 7.76. The van der Waals surface area contributed by atoms with Crippen molar-refractivity contribution in [1.29, 1.82) is 0 Å². The molecule has 1 heterocycles. The lowest BCUT2D eigenvalue weighted by Gasteiger charge is -2.31. The van der Waals surface area contributed by atoms with Crippen LogP contribution in [0.1, 0.15) is 24.3 Å². The lowest BCUT2D eigenvalue weighted by molar-refractivity contribution is -0.122. The van der Waals surface area contributed by atoms with E-state index in [1.165, 1.54) is 4.88 Å². The highest BCUT2D eigenvalue weighted by Crippen LogP contribution is 2.27. The van der Waals surface area contributed by atoms with Crippen LogP contribution in [0.4, 0.5) is 0 Å². The van der Waals surface area contributed by atoms with E-state index in [9.17, 15) is 4.79 Å². The summed E-state index contributed by atoms with van der Waals surface area (Å²) in [5.41, 5.74) is 6.22. The topological polar surface area (TPSA) is 67.6 Å². The van der Waals surface area contributed by atoms with Crippen LogP contribution >= 0.6 is 11.3 Å². The fourth-order valence-corrected chi connectivity index (χ4v) is 3.08. The number of rotatable bonds is 9. The summed E-state index contributed by atoms with van der Waals surface area (Å²) < 4.78 is 4.91. The number of hydrogen-bond acceptors (Lipinski definition) is 5. The third kappa shape index (κ3) is 5.20. The van der Waals surface area contributed by atoms with Gasteiger partial charge >= 0.3 is 0 Å². The fraction of sp³-hybridized carbons (Fsp3) is 0.643. The Morgan fingerprint density at radius 2 is 2.35 bits per heavy atom. The molecule has 1 amide bonds. The van der Waals surface area contributed by atoms with Crippen molar-refractivity contribution in [2.75, 3.05) is 33.9 Å². The number of thiophene rings is 1. The number of carbonyl (C=O) groups is 1. The minimum absolute atomic E-state index is 0.00518. The van der Waals surface area contributed by atoms with Gasteiger partial charge in [-0.15, -0.1) is 11.3 Å². The first-order valence-electron chi connectivity index (χ1n) is 6.85. The summed E-state index contributed by atoms with van der Waals surface area (Å²) >= 11 is 1.68. The Bertz CT molecular complexity index is 384. The standard InChI is InChI=1S/C14H25N3O2S/c1-4-11(15)14(12-6-5-9-20-12)17(2)10-13(18)16-7-8-19-3/h5-6,9,11,14H,4,7-8,10,15H2,1-3H3,(H,16,18).